The average Bonchev–Trinajstić information content (AvgIpc) is 2.91. The van der Waals surface area contributed by atoms with Gasteiger partial charge in [-0.15, -0.1) is 0 Å². The lowest BCUT2D eigenvalue weighted by atomic mass is 10.0. The number of hydrogen-bond donors (Lipinski definition) is 2. The van der Waals surface area contributed by atoms with Gasteiger partial charge in [-0.2, -0.15) is 0 Å². The average molecular weight is 240 g/mol. The van der Waals surface area contributed by atoms with Gasteiger partial charge in [0, 0.05) is 12.1 Å². The number of aliphatic hydroxyl groups excluding tert-OH is 1. The smallest absolute Gasteiger partial charge is 0.228 e. The van der Waals surface area contributed by atoms with E-state index in [1.165, 1.54) is 12.8 Å². The van der Waals surface area contributed by atoms with E-state index in [0.717, 1.165) is 32.5 Å². The van der Waals surface area contributed by atoms with Crippen LogP contribution in [0.1, 0.15) is 39.5 Å². The quantitative estimate of drug-likeness (QED) is 0.745. The first-order valence-corrected chi connectivity index (χ1v) is 6.63. The number of amides is 1. The van der Waals surface area contributed by atoms with Crippen molar-refractivity contribution in [3.8, 4) is 0 Å². The number of nitrogens with one attached hydrogen (secondary N) is 1. The molecule has 0 atom stereocenters. The number of carbonyl (C=O) groups excluding carboxylic acids is 1. The molecule has 0 bridgehead atoms. The third kappa shape index (κ3) is 2.99. The zero-order valence-electron chi connectivity index (χ0n) is 11.0. The van der Waals surface area contributed by atoms with E-state index in [2.05, 4.69) is 24.1 Å². The van der Waals surface area contributed by atoms with Crippen LogP contribution in [0.5, 0.6) is 0 Å². The zero-order chi connectivity index (χ0) is 12.5. The second-order valence-electron chi connectivity index (χ2n) is 6.26. The van der Waals surface area contributed by atoms with Crippen LogP contribution in [0.4, 0.5) is 0 Å². The first-order chi connectivity index (χ1) is 7.97. The first kappa shape index (κ1) is 12.8. The molecule has 0 unspecified atom stereocenters. The Hall–Kier alpha value is -0.610. The fourth-order valence-corrected chi connectivity index (χ4v) is 2.59. The molecule has 0 radical (unpaired) electrons. The Morgan fingerprint density at radius 2 is 1.94 bits per heavy atom. The molecule has 1 saturated carbocycles. The molecule has 98 valence electrons. The second-order valence-corrected chi connectivity index (χ2v) is 6.26. The van der Waals surface area contributed by atoms with Crippen LogP contribution in [0.3, 0.4) is 0 Å². The van der Waals surface area contributed by atoms with Crippen molar-refractivity contribution in [2.45, 2.75) is 45.1 Å². The van der Waals surface area contributed by atoms with Crippen molar-refractivity contribution in [2.75, 3.05) is 26.2 Å². The number of rotatable bonds is 5. The fourth-order valence-electron chi connectivity index (χ4n) is 2.59. The van der Waals surface area contributed by atoms with E-state index >= 15 is 0 Å². The van der Waals surface area contributed by atoms with Crippen LogP contribution in [0.15, 0.2) is 0 Å². The summed E-state index contributed by atoms with van der Waals surface area (Å²) in [6, 6.07) is 0. The Balaban J connectivity index is 1.85. The highest BCUT2D eigenvalue weighted by atomic mass is 16.3. The Morgan fingerprint density at radius 3 is 2.41 bits per heavy atom. The Labute approximate surface area is 103 Å². The number of likely N-dealkylation sites (tertiary alicyclic amines) is 1. The van der Waals surface area contributed by atoms with E-state index in [-0.39, 0.29) is 18.1 Å². The number of aliphatic hydroxyl groups is 1. The van der Waals surface area contributed by atoms with E-state index in [0.29, 0.717) is 0 Å². The molecule has 1 heterocycles. The lowest BCUT2D eigenvalue weighted by Gasteiger charge is -2.32. The molecule has 2 N–H and O–H groups in total. The molecule has 0 spiro atoms. The van der Waals surface area contributed by atoms with Gasteiger partial charge in [0.25, 0.3) is 0 Å². The van der Waals surface area contributed by atoms with Crippen molar-refractivity contribution in [3.05, 3.63) is 0 Å². The standard InChI is InChI=1S/C13H24N2O2/c1-12(2,9-15-7-3-4-8-15)14-11(17)13(10-16)5-6-13/h16H,3-10H2,1-2H3,(H,14,17). The van der Waals surface area contributed by atoms with Gasteiger partial charge in [0.05, 0.1) is 12.0 Å². The van der Waals surface area contributed by atoms with Crippen LogP contribution in [-0.4, -0.2) is 47.7 Å². The number of carbonyl (C=O) groups is 1. The van der Waals surface area contributed by atoms with Crippen molar-refractivity contribution in [3.63, 3.8) is 0 Å². The highest BCUT2D eigenvalue weighted by Gasteiger charge is 2.50. The van der Waals surface area contributed by atoms with Gasteiger partial charge in [-0.1, -0.05) is 0 Å². The zero-order valence-corrected chi connectivity index (χ0v) is 11.0. The van der Waals surface area contributed by atoms with Crippen LogP contribution < -0.4 is 5.32 Å². The maximum absolute atomic E-state index is 12.1. The summed E-state index contributed by atoms with van der Waals surface area (Å²) < 4.78 is 0. The Morgan fingerprint density at radius 1 is 1.35 bits per heavy atom. The molecule has 4 nitrogen and oxygen atoms in total. The summed E-state index contributed by atoms with van der Waals surface area (Å²) in [6.45, 7) is 7.31. The van der Waals surface area contributed by atoms with Crippen molar-refractivity contribution in [1.29, 1.82) is 0 Å². The third-order valence-electron chi connectivity index (χ3n) is 3.91. The minimum Gasteiger partial charge on any atom is -0.395 e. The summed E-state index contributed by atoms with van der Waals surface area (Å²) in [5.41, 5.74) is -0.658. The summed E-state index contributed by atoms with van der Waals surface area (Å²) in [7, 11) is 0. The van der Waals surface area contributed by atoms with Gasteiger partial charge in [0.2, 0.25) is 5.91 Å². The second kappa shape index (κ2) is 4.58. The molecule has 1 saturated heterocycles. The molecule has 0 aromatic heterocycles. The van der Waals surface area contributed by atoms with E-state index in [9.17, 15) is 9.90 Å². The van der Waals surface area contributed by atoms with Gasteiger partial charge >= 0.3 is 0 Å². The summed E-state index contributed by atoms with van der Waals surface area (Å²) >= 11 is 0. The van der Waals surface area contributed by atoms with E-state index in [1.54, 1.807) is 0 Å². The summed E-state index contributed by atoms with van der Waals surface area (Å²) in [5.74, 6) is 0.0317. The van der Waals surface area contributed by atoms with E-state index < -0.39 is 5.41 Å². The molecular weight excluding hydrogens is 216 g/mol. The Kier molecular flexibility index (Phi) is 3.46. The predicted octanol–water partition coefficient (Wildman–Crippen LogP) is 0.749. The largest absolute Gasteiger partial charge is 0.395 e. The van der Waals surface area contributed by atoms with Crippen LogP contribution >= 0.6 is 0 Å². The van der Waals surface area contributed by atoms with Crippen molar-refractivity contribution in [1.82, 2.24) is 10.2 Å². The van der Waals surface area contributed by atoms with E-state index in [4.69, 9.17) is 0 Å². The van der Waals surface area contributed by atoms with Gasteiger partial charge in [-0.05, 0) is 52.6 Å². The van der Waals surface area contributed by atoms with Gasteiger partial charge in [-0.3, -0.25) is 4.79 Å². The first-order valence-electron chi connectivity index (χ1n) is 6.63. The lowest BCUT2D eigenvalue weighted by Crippen LogP contribution is -2.53. The van der Waals surface area contributed by atoms with E-state index in [1.807, 2.05) is 0 Å². The minimum atomic E-state index is -0.456. The number of hydrogen-bond acceptors (Lipinski definition) is 3. The molecule has 2 rings (SSSR count). The summed E-state index contributed by atoms with van der Waals surface area (Å²) in [5, 5.41) is 12.3. The highest BCUT2D eigenvalue weighted by molar-refractivity contribution is 5.86. The van der Waals surface area contributed by atoms with Crippen LogP contribution in [-0.2, 0) is 4.79 Å². The molecule has 0 aromatic rings. The van der Waals surface area contributed by atoms with Gasteiger partial charge < -0.3 is 15.3 Å². The van der Waals surface area contributed by atoms with Crippen LogP contribution in [0, 0.1) is 5.41 Å². The van der Waals surface area contributed by atoms with Gasteiger partial charge in [-0.25, -0.2) is 0 Å². The normalized spacial score (nSPS) is 23.7. The van der Waals surface area contributed by atoms with Gasteiger partial charge in [0.15, 0.2) is 0 Å². The maximum Gasteiger partial charge on any atom is 0.228 e. The maximum atomic E-state index is 12.1. The SMILES string of the molecule is CC(C)(CN1CCCC1)NC(=O)C1(CO)CC1. The van der Waals surface area contributed by atoms with Crippen LogP contribution in [0.25, 0.3) is 0 Å². The molecule has 2 fully saturated rings. The lowest BCUT2D eigenvalue weighted by molar-refractivity contribution is -0.129. The topological polar surface area (TPSA) is 52.6 Å². The minimum absolute atomic E-state index is 0.0153. The third-order valence-corrected chi connectivity index (χ3v) is 3.91. The molecule has 1 aliphatic heterocycles. The molecule has 4 heteroatoms. The summed E-state index contributed by atoms with van der Waals surface area (Å²) in [4.78, 5) is 14.5. The monoisotopic (exact) mass is 240 g/mol. The predicted molar refractivity (Wildman–Crippen MR) is 66.6 cm³/mol. The van der Waals surface area contributed by atoms with Crippen LogP contribution in [0.2, 0.25) is 0 Å². The molecule has 0 aromatic carbocycles. The molecule has 1 aliphatic carbocycles. The molecule has 2 aliphatic rings. The molecular formula is C13H24N2O2. The highest BCUT2D eigenvalue weighted by Crippen LogP contribution is 2.45. The van der Waals surface area contributed by atoms with Gasteiger partial charge in [0.1, 0.15) is 0 Å². The summed E-state index contributed by atoms with van der Waals surface area (Å²) in [6.07, 6.45) is 4.19. The molecule has 1 amide bonds. The Bertz CT molecular complexity index is 292. The van der Waals surface area contributed by atoms with Crippen molar-refractivity contribution in [2.24, 2.45) is 5.41 Å². The number of nitrogens with zero attached hydrogens (tertiary/aromatic N) is 1. The van der Waals surface area contributed by atoms with Crippen molar-refractivity contribution >= 4 is 5.91 Å². The fraction of sp³-hybridized carbons (Fsp3) is 0.923. The molecule has 17 heavy (non-hydrogen) atoms. The van der Waals surface area contributed by atoms with Crippen molar-refractivity contribution < 1.29 is 9.90 Å².